The van der Waals surface area contributed by atoms with Crippen molar-refractivity contribution in [3.05, 3.63) is 95.8 Å². The van der Waals surface area contributed by atoms with Crippen LogP contribution in [0.4, 0.5) is 8.78 Å². The average molecular weight is 707 g/mol. The fourth-order valence-electron chi connectivity index (χ4n) is 5.93. The largest absolute Gasteiger partial charge is 0.375 e. The number of rotatable bonds is 16. The Kier molecular flexibility index (Phi) is 13.0. The van der Waals surface area contributed by atoms with Crippen LogP contribution < -0.4 is 16.4 Å². The van der Waals surface area contributed by atoms with Crippen LogP contribution in [-0.2, 0) is 35.3 Å². The van der Waals surface area contributed by atoms with Crippen LogP contribution in [0.2, 0.25) is 0 Å². The predicted molar refractivity (Wildman–Crippen MR) is 186 cm³/mol. The molecule has 1 aromatic heterocycles. The Morgan fingerprint density at radius 3 is 2.27 bits per heavy atom. The molecule has 0 radical (unpaired) electrons. The molecule has 2 heterocycles. The molecule has 14 heteroatoms. The smallest absolute Gasteiger partial charge is 0.254 e. The highest BCUT2D eigenvalue weighted by molar-refractivity contribution is 6.14. The lowest BCUT2D eigenvalue weighted by molar-refractivity contribution is -0.141. The minimum atomic E-state index is -1.03. The van der Waals surface area contributed by atoms with Gasteiger partial charge in [-0.25, -0.2) is 8.78 Å². The molecule has 4 N–H and O–H groups in total. The molecule has 51 heavy (non-hydrogen) atoms. The van der Waals surface area contributed by atoms with Crippen molar-refractivity contribution < 1.29 is 37.5 Å². The van der Waals surface area contributed by atoms with E-state index in [2.05, 4.69) is 10.6 Å². The van der Waals surface area contributed by atoms with Gasteiger partial charge in [0.2, 0.25) is 17.7 Å². The minimum Gasteiger partial charge on any atom is -0.375 e. The van der Waals surface area contributed by atoms with Gasteiger partial charge in [-0.1, -0.05) is 51.1 Å². The third-order valence-corrected chi connectivity index (χ3v) is 8.33. The molecule has 2 aromatic carbocycles. The first-order valence-corrected chi connectivity index (χ1v) is 16.5. The van der Waals surface area contributed by atoms with Crippen LogP contribution in [0.3, 0.4) is 0 Å². The first kappa shape index (κ1) is 38.6. The van der Waals surface area contributed by atoms with Gasteiger partial charge in [0.15, 0.2) is 0 Å². The molecule has 0 spiro atoms. The van der Waals surface area contributed by atoms with E-state index in [1.807, 2.05) is 55.7 Å². The van der Waals surface area contributed by atoms with E-state index in [-0.39, 0.29) is 44.1 Å². The predicted octanol–water partition coefficient (Wildman–Crippen LogP) is 2.92. The third kappa shape index (κ3) is 10.2. The van der Waals surface area contributed by atoms with Crippen LogP contribution in [0.25, 0.3) is 11.1 Å². The summed E-state index contributed by atoms with van der Waals surface area (Å²) < 4.78 is 36.5. The summed E-state index contributed by atoms with van der Waals surface area (Å²) >= 11 is 0. The molecule has 2 atom stereocenters. The number of benzene rings is 2. The fourth-order valence-corrected chi connectivity index (χ4v) is 5.93. The second kappa shape index (κ2) is 17.1. The summed E-state index contributed by atoms with van der Waals surface area (Å²) in [6.45, 7) is 5.68. The molecule has 3 aromatic rings. The Morgan fingerprint density at radius 1 is 0.961 bits per heavy atom. The Labute approximate surface area is 295 Å². The van der Waals surface area contributed by atoms with Crippen molar-refractivity contribution in [2.24, 2.45) is 11.1 Å². The lowest BCUT2D eigenvalue weighted by Gasteiger charge is -2.41. The quantitative estimate of drug-likeness (QED) is 0.153. The van der Waals surface area contributed by atoms with Crippen LogP contribution in [0.1, 0.15) is 44.5 Å². The highest BCUT2D eigenvalue weighted by Gasteiger charge is 2.37. The summed E-state index contributed by atoms with van der Waals surface area (Å²) in [5.74, 6) is -3.77. The number of aromatic nitrogens is 1. The molecule has 4 rings (SSSR count). The van der Waals surface area contributed by atoms with E-state index in [0.717, 1.165) is 40.8 Å². The number of halogens is 2. The SMILES string of the molecule is COCC(=O)N(CC[C@H](N)C(=O)NCCNC(=O)CN1C(=O)C=CC1=O)C(c1cc(-c2cc(F)ccc2F)cn1Cc1ccccc1)C(C)(C)C. The summed E-state index contributed by atoms with van der Waals surface area (Å²) in [7, 11) is 1.40. The van der Waals surface area contributed by atoms with Gasteiger partial charge in [-0.2, -0.15) is 0 Å². The lowest BCUT2D eigenvalue weighted by Crippen LogP contribution is -2.48. The molecule has 0 fully saturated rings. The number of nitrogens with zero attached hydrogens (tertiary/aromatic N) is 3. The molecule has 12 nitrogen and oxygen atoms in total. The monoisotopic (exact) mass is 706 g/mol. The Morgan fingerprint density at radius 2 is 1.63 bits per heavy atom. The molecular weight excluding hydrogens is 662 g/mol. The molecule has 1 aliphatic rings. The van der Waals surface area contributed by atoms with Gasteiger partial charge in [0.25, 0.3) is 11.8 Å². The zero-order chi connectivity index (χ0) is 37.3. The van der Waals surface area contributed by atoms with E-state index in [4.69, 9.17) is 10.5 Å². The first-order chi connectivity index (χ1) is 24.2. The van der Waals surface area contributed by atoms with Crippen LogP contribution in [0.15, 0.2) is 72.9 Å². The Hall–Kier alpha value is -5.21. The molecule has 0 saturated carbocycles. The number of hydrogen-bond donors (Lipinski definition) is 3. The number of methoxy groups -OCH3 is 1. The Balaban J connectivity index is 1.52. The van der Waals surface area contributed by atoms with Crippen molar-refractivity contribution in [2.75, 3.05) is 39.9 Å². The second-order valence-corrected chi connectivity index (χ2v) is 13.3. The zero-order valence-corrected chi connectivity index (χ0v) is 29.2. The van der Waals surface area contributed by atoms with Gasteiger partial charge in [-0.3, -0.25) is 28.9 Å². The zero-order valence-electron chi connectivity index (χ0n) is 29.2. The van der Waals surface area contributed by atoms with E-state index in [1.54, 1.807) is 17.2 Å². The van der Waals surface area contributed by atoms with E-state index < -0.39 is 59.3 Å². The van der Waals surface area contributed by atoms with Crippen molar-refractivity contribution in [3.63, 3.8) is 0 Å². The van der Waals surface area contributed by atoms with Gasteiger partial charge >= 0.3 is 0 Å². The summed E-state index contributed by atoms with van der Waals surface area (Å²) in [5, 5.41) is 5.18. The number of ether oxygens (including phenoxy) is 1. The molecule has 1 aliphatic heterocycles. The molecule has 272 valence electrons. The lowest BCUT2D eigenvalue weighted by atomic mass is 9.82. The maximum absolute atomic E-state index is 15.0. The molecule has 0 saturated heterocycles. The minimum absolute atomic E-state index is 0.0259. The van der Waals surface area contributed by atoms with Crippen LogP contribution in [-0.4, -0.2) is 89.8 Å². The van der Waals surface area contributed by atoms with Crippen molar-refractivity contribution >= 4 is 29.5 Å². The van der Waals surface area contributed by atoms with Crippen LogP contribution in [0.5, 0.6) is 0 Å². The topological polar surface area (TPSA) is 156 Å². The maximum Gasteiger partial charge on any atom is 0.254 e. The molecular formula is C37H44F2N6O6. The van der Waals surface area contributed by atoms with Gasteiger partial charge in [-0.05, 0) is 41.7 Å². The van der Waals surface area contributed by atoms with Gasteiger partial charge < -0.3 is 30.6 Å². The van der Waals surface area contributed by atoms with E-state index in [1.165, 1.54) is 7.11 Å². The molecule has 0 bridgehead atoms. The van der Waals surface area contributed by atoms with Crippen LogP contribution >= 0.6 is 0 Å². The highest BCUT2D eigenvalue weighted by atomic mass is 19.1. The normalized spacial score (nSPS) is 14.1. The summed E-state index contributed by atoms with van der Waals surface area (Å²) in [6, 6.07) is 13.0. The van der Waals surface area contributed by atoms with Crippen molar-refractivity contribution in [1.29, 1.82) is 0 Å². The van der Waals surface area contributed by atoms with E-state index >= 15 is 4.39 Å². The number of nitrogens with one attached hydrogen (secondary N) is 2. The number of amides is 5. The summed E-state index contributed by atoms with van der Waals surface area (Å²) in [6.07, 6.45) is 3.97. The van der Waals surface area contributed by atoms with Crippen molar-refractivity contribution in [1.82, 2.24) is 25.0 Å². The van der Waals surface area contributed by atoms with E-state index in [9.17, 15) is 28.4 Å². The van der Waals surface area contributed by atoms with Gasteiger partial charge in [0, 0.05) is 68.5 Å². The standard InChI is InChI=1S/C37H44F2N6O6/c1-37(2,3)35(30-18-25(27-19-26(38)10-11-28(27)39)21-43(30)20-24-8-6-5-7-9-24)44(34(49)23-51-4)17-14-29(40)36(50)42-16-15-41-31(46)22-45-32(47)12-13-33(45)48/h5-13,18-19,21,29,35H,14-17,20,22-23,40H2,1-4H3,(H,41,46)(H,42,50)/t29-,35?/m0/s1. The molecule has 1 unspecified atom stereocenters. The highest BCUT2D eigenvalue weighted by Crippen LogP contribution is 2.41. The number of carbonyl (C=O) groups excluding carboxylic acids is 5. The second-order valence-electron chi connectivity index (χ2n) is 13.3. The molecule has 5 amide bonds. The van der Waals surface area contributed by atoms with Crippen molar-refractivity contribution in [2.45, 2.75) is 45.8 Å². The van der Waals surface area contributed by atoms with Crippen molar-refractivity contribution in [3.8, 4) is 11.1 Å². The van der Waals surface area contributed by atoms with Gasteiger partial charge in [-0.15, -0.1) is 0 Å². The summed E-state index contributed by atoms with van der Waals surface area (Å²) in [5.41, 5.74) is 7.80. The number of carbonyl (C=O) groups is 5. The number of hydrogen-bond acceptors (Lipinski definition) is 7. The molecule has 0 aliphatic carbocycles. The van der Waals surface area contributed by atoms with Crippen LogP contribution in [0, 0.1) is 17.0 Å². The fraction of sp³-hybridized carbons (Fsp3) is 0.378. The number of imide groups is 1. The summed E-state index contributed by atoms with van der Waals surface area (Å²) in [4.78, 5) is 64.5. The number of nitrogens with two attached hydrogens (primary N) is 1. The van der Waals surface area contributed by atoms with Gasteiger partial charge in [0.1, 0.15) is 24.8 Å². The van der Waals surface area contributed by atoms with Gasteiger partial charge in [0.05, 0.1) is 12.1 Å². The average Bonchev–Trinajstić information content (AvgIpc) is 3.63. The van der Waals surface area contributed by atoms with E-state index in [0.29, 0.717) is 17.8 Å². The maximum atomic E-state index is 15.0. The third-order valence-electron chi connectivity index (χ3n) is 8.33. The first-order valence-electron chi connectivity index (χ1n) is 16.5. The Bertz CT molecular complexity index is 1750.